The van der Waals surface area contributed by atoms with Gasteiger partial charge < -0.3 is 0 Å². The molecule has 1 aliphatic carbocycles. The van der Waals surface area contributed by atoms with Crippen LogP contribution < -0.4 is 0 Å². The zero-order chi connectivity index (χ0) is 15.7. The Labute approximate surface area is 135 Å². The van der Waals surface area contributed by atoms with Gasteiger partial charge in [-0.15, -0.1) is 0 Å². The van der Waals surface area contributed by atoms with Gasteiger partial charge in [-0.3, -0.25) is 14.9 Å². The number of hydrogen-bond acceptors (Lipinski definition) is 3. The van der Waals surface area contributed by atoms with E-state index >= 15 is 0 Å². The first-order valence-corrected chi connectivity index (χ1v) is 7.56. The molecule has 0 aromatic heterocycles. The van der Waals surface area contributed by atoms with E-state index in [0.717, 1.165) is 21.9 Å². The van der Waals surface area contributed by atoms with Crippen molar-refractivity contribution in [2.45, 2.75) is 12.0 Å². The van der Waals surface area contributed by atoms with Crippen LogP contribution in [0.3, 0.4) is 0 Å². The molecule has 2 aromatic carbocycles. The fourth-order valence-electron chi connectivity index (χ4n) is 2.96. The Balaban J connectivity index is 2.26. The molecule has 0 radical (unpaired) electrons. The molecule has 0 aliphatic heterocycles. The summed E-state index contributed by atoms with van der Waals surface area (Å²) in [6.07, 6.45) is 2.46. The molecule has 0 amide bonds. The van der Waals surface area contributed by atoms with Gasteiger partial charge in [0.2, 0.25) is 6.04 Å². The molecule has 22 heavy (non-hydrogen) atoms. The topological polar surface area (TPSA) is 60.2 Å². The summed E-state index contributed by atoms with van der Waals surface area (Å²) in [4.78, 5) is 22.9. The van der Waals surface area contributed by atoms with Crippen LogP contribution in [0.25, 0.3) is 6.08 Å². The molecule has 1 aliphatic rings. The minimum Gasteiger partial charge on any atom is -0.298 e. The molecular weight excluding hydrogens is 346 g/mol. The van der Waals surface area contributed by atoms with Crippen molar-refractivity contribution in [1.29, 1.82) is 0 Å². The molecule has 5 heteroatoms. The van der Waals surface area contributed by atoms with Crippen molar-refractivity contribution in [2.75, 3.05) is 0 Å². The molecule has 0 heterocycles. The second-order valence-electron chi connectivity index (χ2n) is 5.12. The Morgan fingerprint density at radius 3 is 2.32 bits per heavy atom. The maximum atomic E-state index is 11.7. The minimum absolute atomic E-state index is 0.306. The predicted molar refractivity (Wildman–Crippen MR) is 87.1 cm³/mol. The molecule has 2 aromatic rings. The number of halogens is 1. The Morgan fingerprint density at radius 2 is 1.68 bits per heavy atom. The van der Waals surface area contributed by atoms with Gasteiger partial charge in [0.1, 0.15) is 6.29 Å². The summed E-state index contributed by atoms with van der Waals surface area (Å²) in [6.45, 7) is 0. The van der Waals surface area contributed by atoms with Gasteiger partial charge in [0.25, 0.3) is 0 Å². The summed E-state index contributed by atoms with van der Waals surface area (Å²) in [5.74, 6) is -0.599. The van der Waals surface area contributed by atoms with E-state index in [-0.39, 0.29) is 4.92 Å². The third-order valence-corrected chi connectivity index (χ3v) is 4.64. The lowest BCUT2D eigenvalue weighted by Crippen LogP contribution is -2.25. The van der Waals surface area contributed by atoms with Crippen molar-refractivity contribution >= 4 is 28.3 Å². The standard InChI is InChI=1S/C17H12BrNO3/c18-15-8-4-3-7-14(15)16-12(10-20)9-11-5-1-2-6-13(11)17(16)19(21)22/h1-10,16-17H/t16-,17+/m0/s1. The molecule has 0 saturated heterocycles. The minimum atomic E-state index is -0.972. The summed E-state index contributed by atoms with van der Waals surface area (Å²) >= 11 is 3.44. The van der Waals surface area contributed by atoms with Crippen LogP contribution in [0.5, 0.6) is 0 Å². The van der Waals surface area contributed by atoms with Gasteiger partial charge in [-0.1, -0.05) is 58.4 Å². The van der Waals surface area contributed by atoms with Crippen molar-refractivity contribution in [1.82, 2.24) is 0 Å². The average molecular weight is 358 g/mol. The van der Waals surface area contributed by atoms with Crippen molar-refractivity contribution in [3.05, 3.63) is 85.4 Å². The summed E-state index contributed by atoms with van der Waals surface area (Å²) in [7, 11) is 0. The van der Waals surface area contributed by atoms with E-state index in [1.807, 2.05) is 30.3 Å². The highest BCUT2D eigenvalue weighted by Gasteiger charge is 2.41. The number of nitro groups is 1. The lowest BCUT2D eigenvalue weighted by molar-refractivity contribution is -0.532. The van der Waals surface area contributed by atoms with Gasteiger partial charge >= 0.3 is 0 Å². The Morgan fingerprint density at radius 1 is 1.05 bits per heavy atom. The normalized spacial score (nSPS) is 20.0. The van der Waals surface area contributed by atoms with E-state index < -0.39 is 12.0 Å². The highest BCUT2D eigenvalue weighted by molar-refractivity contribution is 9.10. The summed E-state index contributed by atoms with van der Waals surface area (Å²) in [5.41, 5.74) is 2.54. The molecule has 0 fully saturated rings. The maximum absolute atomic E-state index is 11.7. The first-order chi connectivity index (χ1) is 10.6. The third-order valence-electron chi connectivity index (χ3n) is 3.92. The Hall–Kier alpha value is -2.27. The van der Waals surface area contributed by atoms with Crippen molar-refractivity contribution in [3.8, 4) is 0 Å². The number of fused-ring (bicyclic) bond motifs is 1. The molecule has 4 nitrogen and oxygen atoms in total. The molecular formula is C17H12BrNO3. The zero-order valence-corrected chi connectivity index (χ0v) is 13.1. The van der Waals surface area contributed by atoms with E-state index in [1.54, 1.807) is 24.3 Å². The number of hydrogen-bond donors (Lipinski definition) is 0. The van der Waals surface area contributed by atoms with Crippen LogP contribution in [-0.4, -0.2) is 11.2 Å². The maximum Gasteiger partial charge on any atom is 0.249 e. The van der Waals surface area contributed by atoms with Crippen LogP contribution in [0, 0.1) is 10.1 Å². The first kappa shape index (κ1) is 14.7. The number of benzene rings is 2. The SMILES string of the molecule is O=CC1=Cc2ccccc2[C@@H]([N+](=O)[O-])[C@@H]1c1ccccc1Br. The molecule has 0 saturated carbocycles. The second-order valence-corrected chi connectivity index (χ2v) is 5.97. The number of carbonyl (C=O) groups is 1. The van der Waals surface area contributed by atoms with Crippen LogP contribution in [0.15, 0.2) is 58.6 Å². The van der Waals surface area contributed by atoms with Crippen molar-refractivity contribution < 1.29 is 9.72 Å². The quantitative estimate of drug-likeness (QED) is 0.471. The number of aldehydes is 1. The van der Waals surface area contributed by atoms with Gasteiger partial charge in [0, 0.05) is 20.5 Å². The number of nitrogens with zero attached hydrogens (tertiary/aromatic N) is 1. The smallest absolute Gasteiger partial charge is 0.249 e. The number of carbonyl (C=O) groups excluding carboxylic acids is 1. The zero-order valence-electron chi connectivity index (χ0n) is 11.5. The van der Waals surface area contributed by atoms with Gasteiger partial charge in [0.05, 0.1) is 5.92 Å². The highest BCUT2D eigenvalue weighted by Crippen LogP contribution is 2.45. The van der Waals surface area contributed by atoms with Crippen molar-refractivity contribution in [2.24, 2.45) is 0 Å². The van der Waals surface area contributed by atoms with E-state index in [9.17, 15) is 14.9 Å². The monoisotopic (exact) mass is 357 g/mol. The van der Waals surface area contributed by atoms with E-state index in [0.29, 0.717) is 11.1 Å². The Bertz CT molecular complexity index is 785. The molecule has 110 valence electrons. The second kappa shape index (κ2) is 5.85. The van der Waals surface area contributed by atoms with E-state index in [4.69, 9.17) is 0 Å². The summed E-state index contributed by atoms with van der Waals surface area (Å²) in [5, 5.41) is 11.7. The largest absolute Gasteiger partial charge is 0.298 e. The van der Waals surface area contributed by atoms with Crippen LogP contribution in [0.2, 0.25) is 0 Å². The lowest BCUT2D eigenvalue weighted by Gasteiger charge is -2.27. The lowest BCUT2D eigenvalue weighted by atomic mass is 9.76. The van der Waals surface area contributed by atoms with Crippen LogP contribution in [0.1, 0.15) is 28.7 Å². The molecule has 3 rings (SSSR count). The fourth-order valence-corrected chi connectivity index (χ4v) is 3.49. The summed E-state index contributed by atoms with van der Waals surface area (Å²) < 4.78 is 0.763. The van der Waals surface area contributed by atoms with Gasteiger partial charge in [-0.2, -0.15) is 0 Å². The van der Waals surface area contributed by atoms with E-state index in [2.05, 4.69) is 15.9 Å². The van der Waals surface area contributed by atoms with Crippen LogP contribution >= 0.6 is 15.9 Å². The molecule has 0 spiro atoms. The van der Waals surface area contributed by atoms with Crippen LogP contribution in [0.4, 0.5) is 0 Å². The highest BCUT2D eigenvalue weighted by atomic mass is 79.9. The number of rotatable bonds is 3. The Kier molecular flexibility index (Phi) is 3.90. The summed E-state index contributed by atoms with van der Waals surface area (Å²) in [6, 6.07) is 13.5. The van der Waals surface area contributed by atoms with Gasteiger partial charge in [-0.05, 0) is 23.3 Å². The predicted octanol–water partition coefficient (Wildman–Crippen LogP) is 4.15. The first-order valence-electron chi connectivity index (χ1n) is 6.77. The van der Waals surface area contributed by atoms with Crippen molar-refractivity contribution in [3.63, 3.8) is 0 Å². The molecule has 2 atom stereocenters. The molecule has 0 N–H and O–H groups in total. The molecule has 0 unspecified atom stereocenters. The van der Waals surface area contributed by atoms with Gasteiger partial charge in [-0.25, -0.2) is 0 Å². The van der Waals surface area contributed by atoms with Crippen LogP contribution in [-0.2, 0) is 4.79 Å². The van der Waals surface area contributed by atoms with E-state index in [1.165, 1.54) is 0 Å². The fraction of sp³-hybridized carbons (Fsp3) is 0.118. The van der Waals surface area contributed by atoms with Gasteiger partial charge in [0.15, 0.2) is 0 Å². The molecule has 0 bridgehead atoms. The average Bonchev–Trinajstić information content (AvgIpc) is 2.53. The third kappa shape index (κ3) is 2.37.